The molecule has 0 saturated carbocycles. The first-order chi connectivity index (χ1) is 9.71. The molecule has 0 bridgehead atoms. The Morgan fingerprint density at radius 1 is 1.19 bits per heavy atom. The zero-order valence-corrected chi connectivity index (χ0v) is 13.5. The van der Waals surface area contributed by atoms with Crippen LogP contribution in [0.3, 0.4) is 0 Å². The van der Waals surface area contributed by atoms with Gasteiger partial charge in [-0.3, -0.25) is 9.59 Å². The van der Waals surface area contributed by atoms with E-state index in [4.69, 9.17) is 15.3 Å². The third kappa shape index (κ3) is 14.7. The average Bonchev–Trinajstić information content (AvgIpc) is 2.35. The third-order valence-electron chi connectivity index (χ3n) is 2.64. The van der Waals surface area contributed by atoms with Gasteiger partial charge in [0.2, 0.25) is 5.91 Å². The number of carbonyl (C=O) groups excluding carboxylic acids is 4. The van der Waals surface area contributed by atoms with Crippen LogP contribution in [0.2, 0.25) is 0 Å². The average molecular weight is 300 g/mol. The van der Waals surface area contributed by atoms with E-state index in [0.29, 0.717) is 32.2 Å². The molecule has 0 aromatic carbocycles. The lowest BCUT2D eigenvalue weighted by Gasteiger charge is -2.26. The van der Waals surface area contributed by atoms with Crippen LogP contribution in [0.1, 0.15) is 59.8 Å². The minimum Gasteiger partial charge on any atom is -0.346 e. The molecule has 1 atom stereocenters. The summed E-state index contributed by atoms with van der Waals surface area (Å²) < 4.78 is 0. The van der Waals surface area contributed by atoms with Gasteiger partial charge in [0.15, 0.2) is 5.78 Å². The third-order valence-corrected chi connectivity index (χ3v) is 2.64. The van der Waals surface area contributed by atoms with Gasteiger partial charge >= 0.3 is 6.15 Å². The number of nitrogens with two attached hydrogens (primary N) is 1. The Balaban J connectivity index is 0. The molecule has 0 aromatic heterocycles. The van der Waals surface area contributed by atoms with Gasteiger partial charge < -0.3 is 11.1 Å². The van der Waals surface area contributed by atoms with E-state index in [-0.39, 0.29) is 29.3 Å². The molecule has 6 heteroatoms. The standard InChI is InChI=1S/C14H28N2O2.CO2/c1-5-7-12(17)11(10-14(2,3)4)16-13(18)8-6-9-15;2-1-3/h11H,5-10,15H2,1-4H3,(H,16,18);/t11-;/m0./s1. The summed E-state index contributed by atoms with van der Waals surface area (Å²) in [6.45, 7) is 8.70. The highest BCUT2D eigenvalue weighted by Crippen LogP contribution is 2.22. The predicted octanol–water partition coefficient (Wildman–Crippen LogP) is 1.43. The molecule has 122 valence electrons. The molecule has 0 saturated heterocycles. The summed E-state index contributed by atoms with van der Waals surface area (Å²) in [5, 5.41) is 2.85. The monoisotopic (exact) mass is 300 g/mol. The van der Waals surface area contributed by atoms with E-state index in [2.05, 4.69) is 26.1 Å². The minimum atomic E-state index is -0.352. The topological polar surface area (TPSA) is 106 Å². The molecule has 0 unspecified atom stereocenters. The highest BCUT2D eigenvalue weighted by molar-refractivity contribution is 5.89. The lowest BCUT2D eigenvalue weighted by atomic mass is 9.86. The van der Waals surface area contributed by atoms with Crippen LogP contribution in [0.25, 0.3) is 0 Å². The Kier molecular flexibility index (Phi) is 12.7. The second-order valence-electron chi connectivity index (χ2n) is 6.08. The number of carbonyl (C=O) groups is 2. The maximum atomic E-state index is 12.0. The van der Waals surface area contributed by atoms with Gasteiger partial charge in [-0.2, -0.15) is 9.59 Å². The van der Waals surface area contributed by atoms with Crippen molar-refractivity contribution in [1.29, 1.82) is 0 Å². The summed E-state index contributed by atoms with van der Waals surface area (Å²) in [6, 6.07) is -0.352. The van der Waals surface area contributed by atoms with Gasteiger partial charge in [-0.1, -0.05) is 27.7 Å². The zero-order valence-electron chi connectivity index (χ0n) is 13.5. The zero-order chi connectivity index (χ0) is 16.9. The highest BCUT2D eigenvalue weighted by Gasteiger charge is 2.25. The van der Waals surface area contributed by atoms with Crippen molar-refractivity contribution in [2.75, 3.05) is 6.54 Å². The number of nitrogens with one attached hydrogen (secondary N) is 1. The van der Waals surface area contributed by atoms with E-state index < -0.39 is 0 Å². The lowest BCUT2D eigenvalue weighted by Crippen LogP contribution is -2.43. The molecular weight excluding hydrogens is 272 g/mol. The Bertz CT molecular complexity index is 342. The van der Waals surface area contributed by atoms with Crippen molar-refractivity contribution >= 4 is 17.8 Å². The van der Waals surface area contributed by atoms with Gasteiger partial charge in [0.25, 0.3) is 0 Å². The smallest absolute Gasteiger partial charge is 0.346 e. The maximum Gasteiger partial charge on any atom is 0.373 e. The molecule has 0 aliphatic carbocycles. The van der Waals surface area contributed by atoms with Gasteiger partial charge in [-0.15, -0.1) is 0 Å². The van der Waals surface area contributed by atoms with E-state index in [0.717, 1.165) is 6.42 Å². The quantitative estimate of drug-likeness (QED) is 0.705. The number of rotatable bonds is 8. The van der Waals surface area contributed by atoms with E-state index in [1.165, 1.54) is 0 Å². The summed E-state index contributed by atoms with van der Waals surface area (Å²) in [6.07, 6.45) is 3.34. The Labute approximate surface area is 126 Å². The Morgan fingerprint density at radius 3 is 2.10 bits per heavy atom. The fourth-order valence-electron chi connectivity index (χ4n) is 1.81. The van der Waals surface area contributed by atoms with Gasteiger partial charge in [0, 0.05) is 12.8 Å². The highest BCUT2D eigenvalue weighted by atomic mass is 16.2. The molecule has 0 heterocycles. The fraction of sp³-hybridized carbons (Fsp3) is 0.800. The van der Waals surface area contributed by atoms with Crippen LogP contribution in [0.15, 0.2) is 0 Å². The number of ketones is 1. The summed E-state index contributed by atoms with van der Waals surface area (Å²) in [5.74, 6) is 0.0627. The van der Waals surface area contributed by atoms with Crippen molar-refractivity contribution in [1.82, 2.24) is 5.32 Å². The molecule has 0 spiro atoms. The first-order valence-electron chi connectivity index (χ1n) is 7.23. The molecule has 1 amide bonds. The molecule has 0 aliphatic rings. The molecule has 3 N–H and O–H groups in total. The summed E-state index contributed by atoms with van der Waals surface area (Å²) in [7, 11) is 0. The van der Waals surface area contributed by atoms with Crippen LogP contribution in [-0.4, -0.2) is 30.4 Å². The molecular formula is C15H28N2O4. The first kappa shape index (κ1) is 21.8. The fourth-order valence-corrected chi connectivity index (χ4v) is 1.81. The number of amides is 1. The Hall–Kier alpha value is -1.52. The van der Waals surface area contributed by atoms with Gasteiger partial charge in [-0.25, -0.2) is 0 Å². The minimum absolute atomic E-state index is 0.0230. The second kappa shape index (κ2) is 12.2. The van der Waals surface area contributed by atoms with Crippen molar-refractivity contribution in [3.63, 3.8) is 0 Å². The van der Waals surface area contributed by atoms with Crippen LogP contribution in [-0.2, 0) is 19.2 Å². The van der Waals surface area contributed by atoms with Crippen LogP contribution in [0.4, 0.5) is 0 Å². The normalized spacial score (nSPS) is 11.7. The van der Waals surface area contributed by atoms with E-state index in [1.807, 2.05) is 6.92 Å². The van der Waals surface area contributed by atoms with Crippen molar-refractivity contribution in [3.05, 3.63) is 0 Å². The molecule has 0 rings (SSSR count). The van der Waals surface area contributed by atoms with Crippen LogP contribution >= 0.6 is 0 Å². The SMILES string of the molecule is CCCC(=O)[C@H](CC(C)(C)C)NC(=O)CCCN.O=C=O. The van der Waals surface area contributed by atoms with Gasteiger partial charge in [-0.05, 0) is 31.2 Å². The second-order valence-corrected chi connectivity index (χ2v) is 6.08. The summed E-state index contributed by atoms with van der Waals surface area (Å²) in [5.41, 5.74) is 5.39. The van der Waals surface area contributed by atoms with E-state index in [1.54, 1.807) is 0 Å². The first-order valence-corrected chi connectivity index (χ1v) is 7.23. The van der Waals surface area contributed by atoms with Crippen molar-refractivity contribution < 1.29 is 19.2 Å². The van der Waals surface area contributed by atoms with Crippen LogP contribution in [0.5, 0.6) is 0 Å². The molecule has 0 radical (unpaired) electrons. The Morgan fingerprint density at radius 2 is 1.71 bits per heavy atom. The van der Waals surface area contributed by atoms with Crippen molar-refractivity contribution in [2.45, 2.75) is 65.8 Å². The van der Waals surface area contributed by atoms with E-state index in [9.17, 15) is 9.59 Å². The summed E-state index contributed by atoms with van der Waals surface area (Å²) >= 11 is 0. The van der Waals surface area contributed by atoms with Crippen LogP contribution in [0, 0.1) is 5.41 Å². The molecule has 6 nitrogen and oxygen atoms in total. The molecule has 0 aliphatic heterocycles. The van der Waals surface area contributed by atoms with Crippen LogP contribution < -0.4 is 11.1 Å². The summed E-state index contributed by atoms with van der Waals surface area (Å²) in [4.78, 5) is 39.9. The van der Waals surface area contributed by atoms with Gasteiger partial charge in [0.05, 0.1) is 6.04 Å². The maximum absolute atomic E-state index is 12.0. The number of hydrogen-bond acceptors (Lipinski definition) is 5. The number of Topliss-reactive ketones (excluding diaryl/α,β-unsaturated/α-hetero) is 1. The largest absolute Gasteiger partial charge is 0.373 e. The predicted molar refractivity (Wildman–Crippen MR) is 79.2 cm³/mol. The molecule has 21 heavy (non-hydrogen) atoms. The molecule has 0 fully saturated rings. The lowest BCUT2D eigenvalue weighted by molar-refractivity contribution is -0.191. The van der Waals surface area contributed by atoms with Crippen molar-refractivity contribution in [2.24, 2.45) is 11.1 Å². The van der Waals surface area contributed by atoms with Crippen molar-refractivity contribution in [3.8, 4) is 0 Å². The van der Waals surface area contributed by atoms with E-state index >= 15 is 0 Å². The molecule has 0 aromatic rings. The number of hydrogen-bond donors (Lipinski definition) is 2. The van der Waals surface area contributed by atoms with Gasteiger partial charge in [0.1, 0.15) is 0 Å².